The van der Waals surface area contributed by atoms with Gasteiger partial charge in [0, 0.05) is 18.9 Å². The number of hydrogen-bond acceptors (Lipinski definition) is 4. The molecule has 0 radical (unpaired) electrons. The molecule has 0 aromatic heterocycles. The lowest BCUT2D eigenvalue weighted by Gasteiger charge is -2.31. The molecule has 1 unspecified atom stereocenters. The summed E-state index contributed by atoms with van der Waals surface area (Å²) in [6, 6.07) is 5.15. The molecule has 6 nitrogen and oxygen atoms in total. The van der Waals surface area contributed by atoms with Crippen molar-refractivity contribution >= 4 is 35.6 Å². The number of methoxy groups -OCH3 is 1. The van der Waals surface area contributed by atoms with Crippen molar-refractivity contribution in [1.82, 2.24) is 5.32 Å². The molecule has 1 atom stereocenters. The highest BCUT2D eigenvalue weighted by molar-refractivity contribution is 6.00. The number of carbonyl (C=O) groups is 2. The van der Waals surface area contributed by atoms with Gasteiger partial charge in [-0.1, -0.05) is 6.92 Å². The molecule has 1 aromatic rings. The van der Waals surface area contributed by atoms with Crippen LogP contribution in [0.2, 0.25) is 0 Å². The van der Waals surface area contributed by atoms with Gasteiger partial charge in [0.25, 0.3) is 0 Å². The third-order valence-electron chi connectivity index (χ3n) is 3.73. The minimum atomic E-state index is -0.188. The lowest BCUT2D eigenvalue weighted by atomic mass is 9.88. The molecular weight excluding hydrogens is 306 g/mol. The largest absolute Gasteiger partial charge is 0.497 e. The first-order chi connectivity index (χ1) is 10.0. The van der Waals surface area contributed by atoms with E-state index in [9.17, 15) is 9.59 Å². The van der Waals surface area contributed by atoms with Crippen LogP contribution < -0.4 is 20.7 Å². The van der Waals surface area contributed by atoms with E-state index in [1.807, 2.05) is 6.92 Å². The summed E-state index contributed by atoms with van der Waals surface area (Å²) in [5, 5.41) is 8.74. The highest BCUT2D eigenvalue weighted by Gasteiger charge is 2.29. The van der Waals surface area contributed by atoms with E-state index in [2.05, 4.69) is 16.0 Å². The second-order valence-corrected chi connectivity index (χ2v) is 5.29. The van der Waals surface area contributed by atoms with Crippen molar-refractivity contribution in [3.63, 3.8) is 0 Å². The van der Waals surface area contributed by atoms with E-state index in [1.54, 1.807) is 25.3 Å². The normalized spacial score (nSPS) is 15.0. The van der Waals surface area contributed by atoms with E-state index in [0.717, 1.165) is 13.1 Å². The molecule has 1 fully saturated rings. The molecule has 3 N–H and O–H groups in total. The van der Waals surface area contributed by atoms with E-state index in [1.165, 1.54) is 6.92 Å². The van der Waals surface area contributed by atoms with Crippen molar-refractivity contribution in [2.24, 2.45) is 11.8 Å². The van der Waals surface area contributed by atoms with Crippen LogP contribution in [-0.2, 0) is 9.59 Å². The van der Waals surface area contributed by atoms with Crippen LogP contribution in [0.15, 0.2) is 18.2 Å². The molecule has 1 heterocycles. The second kappa shape index (κ2) is 8.00. The van der Waals surface area contributed by atoms with E-state index >= 15 is 0 Å². The smallest absolute Gasteiger partial charge is 0.227 e. The van der Waals surface area contributed by atoms with Gasteiger partial charge in [-0.05, 0) is 31.1 Å². The van der Waals surface area contributed by atoms with Crippen molar-refractivity contribution in [3.05, 3.63) is 18.2 Å². The van der Waals surface area contributed by atoms with Crippen LogP contribution in [0.25, 0.3) is 0 Å². The van der Waals surface area contributed by atoms with Crippen LogP contribution in [0.3, 0.4) is 0 Å². The fraction of sp³-hybridized carbons (Fsp3) is 0.467. The number of ether oxygens (including phenoxy) is 1. The molecule has 22 heavy (non-hydrogen) atoms. The quantitative estimate of drug-likeness (QED) is 0.771. The van der Waals surface area contributed by atoms with Gasteiger partial charge in [-0.2, -0.15) is 0 Å². The lowest BCUT2D eigenvalue weighted by Crippen LogP contribution is -2.48. The minimum absolute atomic E-state index is 0. The van der Waals surface area contributed by atoms with Crippen LogP contribution >= 0.6 is 12.4 Å². The summed E-state index contributed by atoms with van der Waals surface area (Å²) >= 11 is 0. The van der Waals surface area contributed by atoms with Gasteiger partial charge in [0.1, 0.15) is 5.75 Å². The lowest BCUT2D eigenvalue weighted by molar-refractivity contribution is -0.121. The first kappa shape index (κ1) is 18.3. The standard InChI is InChI=1S/C15H21N3O3.ClH/c1-9(11-7-16-8-11)15(20)18-14-6-12(21-3)4-5-13(14)17-10(2)19;/h4-6,9,11,16H,7-8H2,1-3H3,(H,17,19)(H,18,20);1H. The molecule has 0 aliphatic carbocycles. The van der Waals surface area contributed by atoms with Crippen LogP contribution in [0.5, 0.6) is 5.75 Å². The van der Waals surface area contributed by atoms with E-state index < -0.39 is 0 Å². The van der Waals surface area contributed by atoms with Gasteiger partial charge in [0.15, 0.2) is 0 Å². The number of benzene rings is 1. The zero-order valence-corrected chi connectivity index (χ0v) is 13.8. The second-order valence-electron chi connectivity index (χ2n) is 5.29. The van der Waals surface area contributed by atoms with Crippen molar-refractivity contribution in [2.75, 3.05) is 30.8 Å². The van der Waals surface area contributed by atoms with Gasteiger partial charge in [-0.15, -0.1) is 12.4 Å². The Bertz CT molecular complexity index is 547. The Hall–Kier alpha value is -1.79. The molecular formula is C15H22ClN3O3. The first-order valence-electron chi connectivity index (χ1n) is 6.98. The maximum Gasteiger partial charge on any atom is 0.227 e. The maximum absolute atomic E-state index is 12.3. The van der Waals surface area contributed by atoms with Crippen molar-refractivity contribution in [1.29, 1.82) is 0 Å². The number of hydrogen-bond donors (Lipinski definition) is 3. The van der Waals surface area contributed by atoms with Crippen molar-refractivity contribution in [3.8, 4) is 5.75 Å². The molecule has 122 valence electrons. The van der Waals surface area contributed by atoms with Crippen molar-refractivity contribution < 1.29 is 14.3 Å². The van der Waals surface area contributed by atoms with Crippen molar-refractivity contribution in [2.45, 2.75) is 13.8 Å². The van der Waals surface area contributed by atoms with Crippen LogP contribution in [0, 0.1) is 11.8 Å². The third kappa shape index (κ3) is 4.35. The summed E-state index contributed by atoms with van der Waals surface area (Å²) in [5.74, 6) is 0.660. The molecule has 0 saturated carbocycles. The molecule has 1 aromatic carbocycles. The maximum atomic E-state index is 12.3. The Morgan fingerprint density at radius 3 is 2.45 bits per heavy atom. The number of amides is 2. The van der Waals surface area contributed by atoms with Gasteiger partial charge in [0.2, 0.25) is 11.8 Å². The predicted octanol–water partition coefficient (Wildman–Crippen LogP) is 1.87. The topological polar surface area (TPSA) is 79.5 Å². The summed E-state index contributed by atoms with van der Waals surface area (Å²) in [4.78, 5) is 23.5. The van der Waals surface area contributed by atoms with Crippen LogP contribution in [0.1, 0.15) is 13.8 Å². The monoisotopic (exact) mass is 327 g/mol. The highest BCUT2D eigenvalue weighted by Crippen LogP contribution is 2.28. The van der Waals surface area contributed by atoms with Crippen LogP contribution in [-0.4, -0.2) is 32.0 Å². The van der Waals surface area contributed by atoms with E-state index in [-0.39, 0.29) is 30.1 Å². The average Bonchev–Trinajstić information content (AvgIpc) is 2.38. The van der Waals surface area contributed by atoms with E-state index in [0.29, 0.717) is 23.0 Å². The fourth-order valence-corrected chi connectivity index (χ4v) is 2.18. The van der Waals surface area contributed by atoms with Crippen LogP contribution in [0.4, 0.5) is 11.4 Å². The number of carbonyl (C=O) groups excluding carboxylic acids is 2. The number of halogens is 1. The van der Waals surface area contributed by atoms with Gasteiger partial charge >= 0.3 is 0 Å². The van der Waals surface area contributed by atoms with Gasteiger partial charge < -0.3 is 20.7 Å². The fourth-order valence-electron chi connectivity index (χ4n) is 2.18. The summed E-state index contributed by atoms with van der Waals surface area (Å²) in [5.41, 5.74) is 1.12. The molecule has 1 saturated heterocycles. The molecule has 2 rings (SSSR count). The van der Waals surface area contributed by atoms with Gasteiger partial charge in [0.05, 0.1) is 18.5 Å². The summed E-state index contributed by atoms with van der Waals surface area (Å²) in [6.07, 6.45) is 0. The Kier molecular flexibility index (Phi) is 6.64. The summed E-state index contributed by atoms with van der Waals surface area (Å²) in [6.45, 7) is 5.08. The molecule has 1 aliphatic rings. The third-order valence-corrected chi connectivity index (χ3v) is 3.73. The molecule has 2 amide bonds. The Balaban J connectivity index is 0.00000242. The number of nitrogens with one attached hydrogen (secondary N) is 3. The minimum Gasteiger partial charge on any atom is -0.497 e. The predicted molar refractivity (Wildman–Crippen MR) is 88.7 cm³/mol. The highest BCUT2D eigenvalue weighted by atomic mass is 35.5. The number of anilines is 2. The zero-order chi connectivity index (χ0) is 15.4. The average molecular weight is 328 g/mol. The zero-order valence-electron chi connectivity index (χ0n) is 12.9. The summed E-state index contributed by atoms with van der Waals surface area (Å²) < 4.78 is 5.16. The van der Waals surface area contributed by atoms with Gasteiger partial charge in [-0.25, -0.2) is 0 Å². The summed E-state index contributed by atoms with van der Waals surface area (Å²) in [7, 11) is 1.56. The Morgan fingerprint density at radius 2 is 1.95 bits per heavy atom. The Morgan fingerprint density at radius 1 is 1.27 bits per heavy atom. The Labute approximate surface area is 136 Å². The molecule has 1 aliphatic heterocycles. The first-order valence-corrected chi connectivity index (χ1v) is 6.98. The van der Waals surface area contributed by atoms with E-state index in [4.69, 9.17) is 4.74 Å². The molecule has 7 heteroatoms. The molecule has 0 bridgehead atoms. The number of rotatable bonds is 5. The van der Waals surface area contributed by atoms with Gasteiger partial charge in [-0.3, -0.25) is 9.59 Å². The SMILES string of the molecule is COc1ccc(NC(C)=O)c(NC(=O)C(C)C2CNC2)c1.Cl. The molecule has 0 spiro atoms.